The van der Waals surface area contributed by atoms with Gasteiger partial charge in [-0.05, 0) is 31.2 Å². The van der Waals surface area contributed by atoms with Crippen molar-refractivity contribution in [3.8, 4) is 0 Å². The Morgan fingerprint density at radius 1 is 1.15 bits per heavy atom. The van der Waals surface area contributed by atoms with Gasteiger partial charge in [-0.3, -0.25) is 9.59 Å². The number of aromatic nitrogens is 2. The van der Waals surface area contributed by atoms with E-state index in [1.165, 1.54) is 0 Å². The molecular weight excluding hydrogens is 328 g/mol. The minimum Gasteiger partial charge on any atom is -0.340 e. The highest BCUT2D eigenvalue weighted by Crippen LogP contribution is 2.39. The third-order valence-electron chi connectivity index (χ3n) is 5.58. The summed E-state index contributed by atoms with van der Waals surface area (Å²) in [6.07, 6.45) is 6.63. The first-order valence-electron chi connectivity index (χ1n) is 9.23. The Bertz CT molecular complexity index is 816. The van der Waals surface area contributed by atoms with Gasteiger partial charge in [0.2, 0.25) is 5.91 Å². The van der Waals surface area contributed by atoms with Gasteiger partial charge < -0.3 is 14.4 Å². The van der Waals surface area contributed by atoms with Crippen LogP contribution in [0, 0.1) is 0 Å². The summed E-state index contributed by atoms with van der Waals surface area (Å²) in [6, 6.07) is 10.0. The number of rotatable bonds is 3. The third-order valence-corrected chi connectivity index (χ3v) is 5.58. The van der Waals surface area contributed by atoms with Crippen molar-refractivity contribution < 1.29 is 9.59 Å². The van der Waals surface area contributed by atoms with Crippen LogP contribution in [0.5, 0.6) is 0 Å². The summed E-state index contributed by atoms with van der Waals surface area (Å²) < 4.78 is 1.76. The van der Waals surface area contributed by atoms with Crippen LogP contribution in [0.2, 0.25) is 0 Å². The number of nitrogens with zero attached hydrogens (tertiary/aromatic N) is 4. The number of imidazole rings is 1. The van der Waals surface area contributed by atoms with E-state index in [9.17, 15) is 9.59 Å². The molecule has 0 radical (unpaired) electrons. The number of benzene rings is 1. The predicted octanol–water partition coefficient (Wildman–Crippen LogP) is 2.22. The van der Waals surface area contributed by atoms with Crippen LogP contribution in [0.1, 0.15) is 41.7 Å². The van der Waals surface area contributed by atoms with Crippen molar-refractivity contribution in [3.63, 3.8) is 0 Å². The van der Waals surface area contributed by atoms with Crippen molar-refractivity contribution in [1.82, 2.24) is 19.4 Å². The first-order chi connectivity index (χ1) is 12.6. The van der Waals surface area contributed by atoms with Crippen LogP contribution in [-0.4, -0.2) is 49.8 Å². The third kappa shape index (κ3) is 2.79. The van der Waals surface area contributed by atoms with Crippen LogP contribution in [0.25, 0.3) is 0 Å². The quantitative estimate of drug-likeness (QED) is 0.851. The summed E-state index contributed by atoms with van der Waals surface area (Å²) in [5.74, 6) is -0.0348. The van der Waals surface area contributed by atoms with E-state index < -0.39 is 5.54 Å². The minimum absolute atomic E-state index is 0.0920. The first kappa shape index (κ1) is 16.8. The van der Waals surface area contributed by atoms with Gasteiger partial charge in [0.25, 0.3) is 5.91 Å². The minimum atomic E-state index is -0.693. The van der Waals surface area contributed by atoms with Crippen molar-refractivity contribution in [3.05, 3.63) is 54.1 Å². The van der Waals surface area contributed by atoms with E-state index in [-0.39, 0.29) is 11.8 Å². The molecule has 0 bridgehead atoms. The zero-order valence-corrected chi connectivity index (χ0v) is 15.1. The van der Waals surface area contributed by atoms with Crippen LogP contribution in [-0.2, 0) is 18.4 Å². The van der Waals surface area contributed by atoms with Gasteiger partial charge in [-0.25, -0.2) is 4.98 Å². The summed E-state index contributed by atoms with van der Waals surface area (Å²) in [6.45, 7) is 1.98. The molecule has 1 atom stereocenters. The summed E-state index contributed by atoms with van der Waals surface area (Å²) >= 11 is 0. The molecule has 26 heavy (non-hydrogen) atoms. The Kier molecular flexibility index (Phi) is 4.26. The Morgan fingerprint density at radius 2 is 1.88 bits per heavy atom. The van der Waals surface area contributed by atoms with Crippen molar-refractivity contribution >= 4 is 11.8 Å². The molecule has 6 heteroatoms. The van der Waals surface area contributed by atoms with Crippen molar-refractivity contribution in [1.29, 1.82) is 0 Å². The molecule has 6 nitrogen and oxygen atoms in total. The molecule has 0 N–H and O–H groups in total. The van der Waals surface area contributed by atoms with Crippen LogP contribution < -0.4 is 0 Å². The van der Waals surface area contributed by atoms with E-state index in [0.29, 0.717) is 18.8 Å². The standard InChI is InChI=1S/C20H24N4O2/c1-22-14-17(21-15-22)18(25)24-12-6-10-20(24)9-5-11-23(19(20)26)13-16-7-3-2-4-8-16/h2-4,7-8,14-15H,5-6,9-13H2,1H3. The van der Waals surface area contributed by atoms with E-state index in [1.807, 2.05) is 42.3 Å². The Hall–Kier alpha value is -2.63. The van der Waals surface area contributed by atoms with Crippen LogP contribution in [0.3, 0.4) is 0 Å². The van der Waals surface area contributed by atoms with Gasteiger partial charge in [0, 0.05) is 32.9 Å². The average molecular weight is 352 g/mol. The van der Waals surface area contributed by atoms with Gasteiger partial charge in [0.1, 0.15) is 11.2 Å². The van der Waals surface area contributed by atoms with Gasteiger partial charge in [-0.1, -0.05) is 30.3 Å². The maximum Gasteiger partial charge on any atom is 0.274 e. The smallest absolute Gasteiger partial charge is 0.274 e. The Balaban J connectivity index is 1.59. The molecule has 136 valence electrons. The van der Waals surface area contributed by atoms with Gasteiger partial charge in [-0.2, -0.15) is 0 Å². The molecule has 4 rings (SSSR count). The lowest BCUT2D eigenvalue weighted by Gasteiger charge is -2.44. The molecule has 0 aliphatic carbocycles. The second-order valence-corrected chi connectivity index (χ2v) is 7.33. The van der Waals surface area contributed by atoms with Crippen LogP contribution in [0.15, 0.2) is 42.9 Å². The maximum atomic E-state index is 13.4. The van der Waals surface area contributed by atoms with Crippen molar-refractivity contribution in [2.24, 2.45) is 7.05 Å². The monoisotopic (exact) mass is 352 g/mol. The molecule has 2 fully saturated rings. The zero-order chi connectivity index (χ0) is 18.1. The molecule has 2 aliphatic heterocycles. The molecule has 1 spiro atoms. The Morgan fingerprint density at radius 3 is 2.58 bits per heavy atom. The Labute approximate surface area is 153 Å². The fraction of sp³-hybridized carbons (Fsp3) is 0.450. The van der Waals surface area contributed by atoms with Gasteiger partial charge in [0.15, 0.2) is 0 Å². The molecule has 0 saturated carbocycles. The number of piperidine rings is 1. The number of carbonyl (C=O) groups excluding carboxylic acids is 2. The lowest BCUT2D eigenvalue weighted by atomic mass is 9.85. The molecule has 3 heterocycles. The highest BCUT2D eigenvalue weighted by molar-refractivity contribution is 5.98. The second-order valence-electron chi connectivity index (χ2n) is 7.33. The molecule has 2 aliphatic rings. The summed E-state index contributed by atoms with van der Waals surface area (Å²) in [5.41, 5.74) is 0.849. The number of carbonyl (C=O) groups is 2. The molecule has 2 saturated heterocycles. The SMILES string of the molecule is Cn1cnc(C(=O)N2CCCC23CCCN(Cc2ccccc2)C3=O)c1. The number of likely N-dealkylation sites (tertiary alicyclic amines) is 2. The lowest BCUT2D eigenvalue weighted by molar-refractivity contribution is -0.146. The molecule has 2 amide bonds. The predicted molar refractivity (Wildman–Crippen MR) is 97.3 cm³/mol. The molecule has 2 aromatic rings. The highest BCUT2D eigenvalue weighted by Gasteiger charge is 2.53. The number of aryl methyl sites for hydroxylation is 1. The maximum absolute atomic E-state index is 13.4. The van der Waals surface area contributed by atoms with Gasteiger partial charge in [0.05, 0.1) is 6.33 Å². The number of hydrogen-bond donors (Lipinski definition) is 0. The van der Waals surface area contributed by atoms with Crippen molar-refractivity contribution in [2.45, 2.75) is 37.8 Å². The van der Waals surface area contributed by atoms with Crippen molar-refractivity contribution in [2.75, 3.05) is 13.1 Å². The molecule has 1 unspecified atom stereocenters. The lowest BCUT2D eigenvalue weighted by Crippen LogP contribution is -2.61. The summed E-state index contributed by atoms with van der Waals surface area (Å²) in [5, 5.41) is 0. The normalized spacial score (nSPS) is 23.0. The fourth-order valence-electron chi connectivity index (χ4n) is 4.34. The van der Waals surface area contributed by atoms with Gasteiger partial charge >= 0.3 is 0 Å². The summed E-state index contributed by atoms with van der Waals surface area (Å²) in [7, 11) is 1.84. The van der Waals surface area contributed by atoms with E-state index in [1.54, 1.807) is 22.0 Å². The van der Waals surface area contributed by atoms with E-state index >= 15 is 0 Å². The molecular formula is C20H24N4O2. The largest absolute Gasteiger partial charge is 0.340 e. The second kappa shape index (κ2) is 6.59. The molecule has 1 aromatic carbocycles. The van der Waals surface area contributed by atoms with E-state index in [4.69, 9.17) is 0 Å². The first-order valence-corrected chi connectivity index (χ1v) is 9.23. The van der Waals surface area contributed by atoms with E-state index in [2.05, 4.69) is 4.98 Å². The van der Waals surface area contributed by atoms with Gasteiger partial charge in [-0.15, -0.1) is 0 Å². The molecule has 1 aromatic heterocycles. The summed E-state index contributed by atoms with van der Waals surface area (Å²) in [4.78, 5) is 34.3. The average Bonchev–Trinajstić information content (AvgIpc) is 3.27. The zero-order valence-electron chi connectivity index (χ0n) is 15.1. The topological polar surface area (TPSA) is 58.4 Å². The highest BCUT2D eigenvalue weighted by atomic mass is 16.2. The van der Waals surface area contributed by atoms with E-state index in [0.717, 1.165) is 37.8 Å². The number of hydrogen-bond acceptors (Lipinski definition) is 3. The fourth-order valence-corrected chi connectivity index (χ4v) is 4.34. The van der Waals surface area contributed by atoms with Crippen LogP contribution >= 0.6 is 0 Å². The number of amides is 2. The van der Waals surface area contributed by atoms with Crippen LogP contribution in [0.4, 0.5) is 0 Å².